The Morgan fingerprint density at radius 1 is 1.10 bits per heavy atom. The van der Waals surface area contributed by atoms with Crippen LogP contribution < -0.4 is 5.73 Å². The topological polar surface area (TPSA) is 46.3 Å². The molecule has 3 nitrogen and oxygen atoms in total. The normalized spacial score (nSPS) is 12.0. The third kappa shape index (κ3) is 3.92. The van der Waals surface area contributed by atoms with Crippen LogP contribution in [0.15, 0.2) is 54.6 Å². The number of carbonyl (C=O) groups excluding carboxylic acids is 1. The van der Waals surface area contributed by atoms with Crippen LogP contribution in [0.2, 0.25) is 0 Å². The van der Waals surface area contributed by atoms with Crippen LogP contribution in [0.25, 0.3) is 0 Å². The Morgan fingerprint density at radius 2 is 1.71 bits per heavy atom. The quantitative estimate of drug-likeness (QED) is 0.916. The summed E-state index contributed by atoms with van der Waals surface area (Å²) in [6.45, 7) is 2.97. The van der Waals surface area contributed by atoms with Crippen LogP contribution in [-0.4, -0.2) is 24.4 Å². The van der Waals surface area contributed by atoms with Gasteiger partial charge in [-0.25, -0.2) is 0 Å². The van der Waals surface area contributed by atoms with Gasteiger partial charge in [0.1, 0.15) is 0 Å². The van der Waals surface area contributed by atoms with E-state index >= 15 is 0 Å². The maximum atomic E-state index is 12.6. The highest BCUT2D eigenvalue weighted by molar-refractivity contribution is 5.83. The molecule has 0 aliphatic heterocycles. The number of hydrogen-bond donors (Lipinski definition) is 1. The minimum Gasteiger partial charge on any atom is -0.341 e. The summed E-state index contributed by atoms with van der Waals surface area (Å²) in [5.41, 5.74) is 9.13. The van der Waals surface area contributed by atoms with Crippen molar-refractivity contribution in [3.63, 3.8) is 0 Å². The van der Waals surface area contributed by atoms with E-state index in [4.69, 9.17) is 5.73 Å². The van der Waals surface area contributed by atoms with Gasteiger partial charge in [0.15, 0.2) is 0 Å². The van der Waals surface area contributed by atoms with Gasteiger partial charge in [0, 0.05) is 20.1 Å². The lowest BCUT2D eigenvalue weighted by Gasteiger charge is -2.23. The van der Waals surface area contributed by atoms with Crippen molar-refractivity contribution in [2.75, 3.05) is 13.6 Å². The summed E-state index contributed by atoms with van der Waals surface area (Å²) < 4.78 is 0. The first-order valence-electron chi connectivity index (χ1n) is 7.17. The summed E-state index contributed by atoms with van der Waals surface area (Å²) in [6, 6.07) is 18.0. The van der Waals surface area contributed by atoms with Crippen LogP contribution >= 0.6 is 0 Å². The monoisotopic (exact) mass is 282 g/mol. The van der Waals surface area contributed by atoms with Gasteiger partial charge in [-0.05, 0) is 18.1 Å². The molecule has 0 spiro atoms. The molecule has 1 unspecified atom stereocenters. The maximum Gasteiger partial charge on any atom is 0.231 e. The molecule has 0 saturated heterocycles. The highest BCUT2D eigenvalue weighted by Gasteiger charge is 2.22. The van der Waals surface area contributed by atoms with Crippen LogP contribution in [0.1, 0.15) is 22.6 Å². The third-order valence-electron chi connectivity index (χ3n) is 3.65. The van der Waals surface area contributed by atoms with Gasteiger partial charge < -0.3 is 10.6 Å². The van der Waals surface area contributed by atoms with Gasteiger partial charge in [-0.15, -0.1) is 0 Å². The van der Waals surface area contributed by atoms with Crippen LogP contribution in [0.4, 0.5) is 0 Å². The fourth-order valence-electron chi connectivity index (χ4n) is 2.38. The summed E-state index contributed by atoms with van der Waals surface area (Å²) in [5.74, 6) is -0.217. The fraction of sp³-hybridized carbons (Fsp3) is 0.278. The van der Waals surface area contributed by atoms with E-state index in [1.54, 1.807) is 4.90 Å². The molecule has 1 atom stereocenters. The van der Waals surface area contributed by atoms with Gasteiger partial charge in [0.25, 0.3) is 0 Å². The molecular formula is C18H22N2O. The van der Waals surface area contributed by atoms with Crippen molar-refractivity contribution >= 4 is 5.91 Å². The molecule has 110 valence electrons. The van der Waals surface area contributed by atoms with Gasteiger partial charge in [-0.1, -0.05) is 60.2 Å². The molecule has 2 aromatic rings. The SMILES string of the molecule is Cc1ccc(CN(C)C(=O)C(CN)c2ccccc2)cc1. The van der Waals surface area contributed by atoms with Gasteiger partial charge in [-0.2, -0.15) is 0 Å². The fourth-order valence-corrected chi connectivity index (χ4v) is 2.38. The van der Waals surface area contributed by atoms with E-state index < -0.39 is 0 Å². The second-order valence-corrected chi connectivity index (χ2v) is 5.38. The molecule has 0 aliphatic carbocycles. The lowest BCUT2D eigenvalue weighted by atomic mass is 9.97. The van der Waals surface area contributed by atoms with Gasteiger partial charge in [0.2, 0.25) is 5.91 Å². The van der Waals surface area contributed by atoms with Crippen molar-refractivity contribution < 1.29 is 4.79 Å². The average molecular weight is 282 g/mol. The predicted octanol–water partition coefficient (Wildman–Crippen LogP) is 2.70. The molecule has 0 saturated carbocycles. The van der Waals surface area contributed by atoms with Gasteiger partial charge >= 0.3 is 0 Å². The minimum absolute atomic E-state index is 0.0595. The molecule has 1 amide bonds. The first kappa shape index (κ1) is 15.3. The largest absolute Gasteiger partial charge is 0.341 e. The number of rotatable bonds is 5. The van der Waals surface area contributed by atoms with E-state index in [0.717, 1.165) is 11.1 Å². The summed E-state index contributed by atoms with van der Waals surface area (Å²) in [5, 5.41) is 0. The van der Waals surface area contributed by atoms with Crippen molar-refractivity contribution in [1.29, 1.82) is 0 Å². The zero-order chi connectivity index (χ0) is 15.2. The third-order valence-corrected chi connectivity index (χ3v) is 3.65. The highest BCUT2D eigenvalue weighted by atomic mass is 16.2. The summed E-state index contributed by atoms with van der Waals surface area (Å²) in [4.78, 5) is 14.3. The standard InChI is InChI=1S/C18H22N2O/c1-14-8-10-15(11-9-14)13-20(2)18(21)17(12-19)16-6-4-3-5-7-16/h3-11,17H,12-13,19H2,1-2H3. The summed E-state index contributed by atoms with van der Waals surface area (Å²) >= 11 is 0. The average Bonchev–Trinajstić information content (AvgIpc) is 2.51. The Morgan fingerprint density at radius 3 is 2.29 bits per heavy atom. The number of aryl methyl sites for hydroxylation is 1. The molecule has 3 heteroatoms. The number of likely N-dealkylation sites (N-methyl/N-ethyl adjacent to an activating group) is 1. The minimum atomic E-state index is -0.276. The van der Waals surface area contributed by atoms with Crippen LogP contribution in [0.5, 0.6) is 0 Å². The smallest absolute Gasteiger partial charge is 0.231 e. The number of nitrogens with zero attached hydrogens (tertiary/aromatic N) is 1. The molecule has 2 aromatic carbocycles. The Labute approximate surface area is 126 Å². The number of carbonyl (C=O) groups is 1. The van der Waals surface area contributed by atoms with E-state index in [1.807, 2.05) is 37.4 Å². The second-order valence-electron chi connectivity index (χ2n) is 5.38. The molecular weight excluding hydrogens is 260 g/mol. The number of hydrogen-bond acceptors (Lipinski definition) is 2. The van der Waals surface area contributed by atoms with Crippen molar-refractivity contribution in [3.8, 4) is 0 Å². The Balaban J connectivity index is 2.08. The molecule has 0 heterocycles. The molecule has 0 aromatic heterocycles. The Hall–Kier alpha value is -2.13. The van der Waals surface area contributed by atoms with Crippen LogP contribution in [0.3, 0.4) is 0 Å². The van der Waals surface area contributed by atoms with Crippen LogP contribution in [0, 0.1) is 6.92 Å². The van der Waals surface area contributed by atoms with Gasteiger partial charge in [0.05, 0.1) is 5.92 Å². The molecule has 2 rings (SSSR count). The molecule has 0 radical (unpaired) electrons. The molecule has 21 heavy (non-hydrogen) atoms. The van der Waals surface area contributed by atoms with Gasteiger partial charge in [-0.3, -0.25) is 4.79 Å². The first-order valence-corrected chi connectivity index (χ1v) is 7.17. The van der Waals surface area contributed by atoms with Crippen molar-refractivity contribution in [2.45, 2.75) is 19.4 Å². The lowest BCUT2D eigenvalue weighted by Crippen LogP contribution is -2.34. The van der Waals surface area contributed by atoms with E-state index in [0.29, 0.717) is 13.1 Å². The van der Waals surface area contributed by atoms with E-state index in [2.05, 4.69) is 31.2 Å². The summed E-state index contributed by atoms with van der Waals surface area (Å²) in [6.07, 6.45) is 0. The second kappa shape index (κ2) is 7.04. The van der Waals surface area contributed by atoms with Crippen molar-refractivity contribution in [1.82, 2.24) is 4.90 Å². The number of nitrogens with two attached hydrogens (primary N) is 1. The zero-order valence-corrected chi connectivity index (χ0v) is 12.6. The van der Waals surface area contributed by atoms with E-state index in [9.17, 15) is 4.79 Å². The van der Waals surface area contributed by atoms with Crippen LogP contribution in [-0.2, 0) is 11.3 Å². The molecule has 0 aliphatic rings. The Kier molecular flexibility index (Phi) is 5.12. The van der Waals surface area contributed by atoms with Crippen molar-refractivity contribution in [2.24, 2.45) is 5.73 Å². The zero-order valence-electron chi connectivity index (χ0n) is 12.6. The maximum absolute atomic E-state index is 12.6. The highest BCUT2D eigenvalue weighted by Crippen LogP contribution is 2.18. The van der Waals surface area contributed by atoms with E-state index in [1.165, 1.54) is 5.56 Å². The number of benzene rings is 2. The predicted molar refractivity (Wildman–Crippen MR) is 85.9 cm³/mol. The van der Waals surface area contributed by atoms with Crippen molar-refractivity contribution in [3.05, 3.63) is 71.3 Å². The summed E-state index contributed by atoms with van der Waals surface area (Å²) in [7, 11) is 1.83. The number of amides is 1. The molecule has 0 bridgehead atoms. The Bertz CT molecular complexity index is 578. The lowest BCUT2D eigenvalue weighted by molar-refractivity contribution is -0.131. The first-order chi connectivity index (χ1) is 10.1. The van der Waals surface area contributed by atoms with E-state index in [-0.39, 0.29) is 11.8 Å². The molecule has 0 fully saturated rings. The molecule has 2 N–H and O–H groups in total.